The van der Waals surface area contributed by atoms with E-state index < -0.39 is 8.07 Å². The summed E-state index contributed by atoms with van der Waals surface area (Å²) in [7, 11) is -1.14. The van der Waals surface area contributed by atoms with Crippen molar-refractivity contribution < 1.29 is 4.74 Å². The first-order valence-corrected chi connectivity index (χ1v) is 13.9. The van der Waals surface area contributed by atoms with Gasteiger partial charge in [0.2, 0.25) is 0 Å². The third-order valence-corrected chi connectivity index (χ3v) is 6.65. The quantitative estimate of drug-likeness (QED) is 0.311. The Morgan fingerprint density at radius 3 is 2.57 bits per heavy atom. The smallest absolute Gasteiger partial charge is 0.144 e. The molecule has 3 heterocycles. The summed E-state index contributed by atoms with van der Waals surface area (Å²) in [4.78, 5) is 9.33. The van der Waals surface area contributed by atoms with Gasteiger partial charge in [0.25, 0.3) is 0 Å². The van der Waals surface area contributed by atoms with Crippen LogP contribution in [-0.2, 0) is 11.5 Å². The molecule has 1 aromatic carbocycles. The maximum Gasteiger partial charge on any atom is 0.144 e. The Balaban J connectivity index is 1.71. The van der Waals surface area contributed by atoms with Gasteiger partial charge in [-0.2, -0.15) is 5.10 Å². The molecule has 0 fully saturated rings. The summed E-state index contributed by atoms with van der Waals surface area (Å²) in [6, 6.07) is 13.3. The molecule has 0 unspecified atom stereocenters. The first-order valence-electron chi connectivity index (χ1n) is 10.2. The highest BCUT2D eigenvalue weighted by molar-refractivity contribution is 6.76. The molecule has 0 saturated carbocycles. The van der Waals surface area contributed by atoms with Gasteiger partial charge < -0.3 is 9.30 Å². The SMILES string of the molecule is C[Si](C)(C)CCOCn1cc(-c2ccccc2)nc1-c1cnccc1-c1cn[nH]c1. The van der Waals surface area contributed by atoms with E-state index in [2.05, 4.69) is 57.7 Å². The highest BCUT2D eigenvalue weighted by Gasteiger charge is 2.17. The van der Waals surface area contributed by atoms with E-state index in [4.69, 9.17) is 9.72 Å². The number of aromatic nitrogens is 5. The van der Waals surface area contributed by atoms with Crippen molar-refractivity contribution in [2.45, 2.75) is 32.4 Å². The van der Waals surface area contributed by atoms with Crippen LogP contribution in [0.2, 0.25) is 25.7 Å². The summed E-state index contributed by atoms with van der Waals surface area (Å²) in [5.74, 6) is 0.839. The molecule has 0 aliphatic carbocycles. The van der Waals surface area contributed by atoms with Crippen molar-refractivity contribution in [2.24, 2.45) is 0 Å². The van der Waals surface area contributed by atoms with E-state index in [1.807, 2.05) is 42.9 Å². The van der Waals surface area contributed by atoms with Crippen molar-refractivity contribution in [3.8, 4) is 33.8 Å². The van der Waals surface area contributed by atoms with Crippen molar-refractivity contribution in [2.75, 3.05) is 6.61 Å². The summed E-state index contributed by atoms with van der Waals surface area (Å²) in [6.07, 6.45) is 9.41. The molecule has 4 rings (SSSR count). The molecule has 0 amide bonds. The van der Waals surface area contributed by atoms with E-state index >= 15 is 0 Å². The van der Waals surface area contributed by atoms with Crippen LogP contribution in [0.3, 0.4) is 0 Å². The molecule has 0 aliphatic rings. The zero-order valence-electron chi connectivity index (χ0n) is 17.7. The minimum absolute atomic E-state index is 0.458. The Bertz CT molecular complexity index is 1080. The fourth-order valence-corrected chi connectivity index (χ4v) is 4.00. The van der Waals surface area contributed by atoms with E-state index in [1.165, 1.54) is 0 Å². The zero-order valence-corrected chi connectivity index (χ0v) is 18.7. The number of nitrogens with one attached hydrogen (secondary N) is 1. The molecule has 0 saturated heterocycles. The standard InChI is InChI=1S/C23H27N5OSi/c1-30(2,3)12-11-29-17-28-16-22(18-7-5-4-6-8-18)27-23(28)21-15-24-10-9-20(21)19-13-25-26-14-19/h4-10,13-16H,11-12,17H2,1-3H3,(H,25,26). The molecule has 30 heavy (non-hydrogen) atoms. The number of imidazole rings is 1. The molecule has 1 N–H and O–H groups in total. The minimum Gasteiger partial charge on any atom is -0.361 e. The van der Waals surface area contributed by atoms with Crippen LogP contribution < -0.4 is 0 Å². The highest BCUT2D eigenvalue weighted by Crippen LogP contribution is 2.32. The molecule has 7 heteroatoms. The maximum absolute atomic E-state index is 6.06. The largest absolute Gasteiger partial charge is 0.361 e. The Hall–Kier alpha value is -3.03. The van der Waals surface area contributed by atoms with E-state index in [-0.39, 0.29) is 0 Å². The Kier molecular flexibility index (Phi) is 5.92. The number of hydrogen-bond donors (Lipinski definition) is 1. The fraction of sp³-hybridized carbons (Fsp3) is 0.261. The van der Waals surface area contributed by atoms with Gasteiger partial charge in [-0.15, -0.1) is 0 Å². The number of H-pyrrole nitrogens is 1. The monoisotopic (exact) mass is 417 g/mol. The molecular formula is C23H27N5OSi. The lowest BCUT2D eigenvalue weighted by Crippen LogP contribution is -2.22. The minimum atomic E-state index is -1.14. The van der Waals surface area contributed by atoms with Crippen LogP contribution in [0, 0.1) is 0 Å². The number of rotatable bonds is 8. The van der Waals surface area contributed by atoms with Crippen molar-refractivity contribution in [3.63, 3.8) is 0 Å². The number of benzene rings is 1. The van der Waals surface area contributed by atoms with Gasteiger partial charge in [-0.3, -0.25) is 10.1 Å². The Morgan fingerprint density at radius 2 is 1.83 bits per heavy atom. The lowest BCUT2D eigenvalue weighted by Gasteiger charge is -2.16. The predicted octanol–water partition coefficient (Wildman–Crippen LogP) is 5.31. The van der Waals surface area contributed by atoms with Crippen LogP contribution in [0.1, 0.15) is 0 Å². The lowest BCUT2D eigenvalue weighted by atomic mass is 10.0. The topological polar surface area (TPSA) is 68.6 Å². The van der Waals surface area contributed by atoms with Gasteiger partial charge in [0.1, 0.15) is 12.6 Å². The molecule has 4 aromatic rings. The van der Waals surface area contributed by atoms with Gasteiger partial charge in [-0.05, 0) is 17.7 Å². The van der Waals surface area contributed by atoms with Crippen molar-refractivity contribution in [1.29, 1.82) is 0 Å². The van der Waals surface area contributed by atoms with Crippen molar-refractivity contribution in [1.82, 2.24) is 24.7 Å². The Morgan fingerprint density at radius 1 is 1.00 bits per heavy atom. The van der Waals surface area contributed by atoms with Crippen LogP contribution >= 0.6 is 0 Å². The number of aromatic amines is 1. The molecular weight excluding hydrogens is 390 g/mol. The molecule has 0 bridgehead atoms. The first-order chi connectivity index (χ1) is 14.5. The Labute approximate surface area is 178 Å². The van der Waals surface area contributed by atoms with Gasteiger partial charge in [0.05, 0.1) is 11.9 Å². The highest BCUT2D eigenvalue weighted by atomic mass is 28.3. The van der Waals surface area contributed by atoms with E-state index in [0.717, 1.165) is 46.4 Å². The molecule has 0 aliphatic heterocycles. The number of pyridine rings is 1. The van der Waals surface area contributed by atoms with Crippen molar-refractivity contribution >= 4 is 8.07 Å². The number of nitrogens with zero attached hydrogens (tertiary/aromatic N) is 4. The molecule has 3 aromatic heterocycles. The van der Waals surface area contributed by atoms with Gasteiger partial charge in [0.15, 0.2) is 0 Å². The van der Waals surface area contributed by atoms with E-state index in [1.54, 1.807) is 6.20 Å². The summed E-state index contributed by atoms with van der Waals surface area (Å²) < 4.78 is 8.13. The second-order valence-electron chi connectivity index (χ2n) is 8.54. The van der Waals surface area contributed by atoms with E-state index in [0.29, 0.717) is 6.73 Å². The van der Waals surface area contributed by atoms with Gasteiger partial charge >= 0.3 is 0 Å². The average molecular weight is 418 g/mol. The van der Waals surface area contributed by atoms with Gasteiger partial charge in [0, 0.05) is 56.2 Å². The van der Waals surface area contributed by atoms with Crippen LogP contribution in [0.5, 0.6) is 0 Å². The van der Waals surface area contributed by atoms with Gasteiger partial charge in [-0.25, -0.2) is 4.98 Å². The fourth-order valence-electron chi connectivity index (χ4n) is 3.24. The van der Waals surface area contributed by atoms with Crippen LogP contribution in [0.15, 0.2) is 67.4 Å². The average Bonchev–Trinajstić information content (AvgIpc) is 3.41. The summed E-state index contributed by atoms with van der Waals surface area (Å²) in [6.45, 7) is 8.30. The molecule has 6 nitrogen and oxygen atoms in total. The number of ether oxygens (including phenoxy) is 1. The zero-order chi connectivity index (χ0) is 21.0. The molecule has 0 radical (unpaired) electrons. The van der Waals surface area contributed by atoms with Crippen LogP contribution in [0.4, 0.5) is 0 Å². The van der Waals surface area contributed by atoms with Gasteiger partial charge in [-0.1, -0.05) is 50.0 Å². The number of hydrogen-bond acceptors (Lipinski definition) is 4. The molecule has 0 atom stereocenters. The predicted molar refractivity (Wildman–Crippen MR) is 123 cm³/mol. The second-order valence-corrected chi connectivity index (χ2v) is 14.2. The van der Waals surface area contributed by atoms with Crippen LogP contribution in [0.25, 0.3) is 33.8 Å². The summed E-state index contributed by atoms with van der Waals surface area (Å²) >= 11 is 0. The van der Waals surface area contributed by atoms with Crippen molar-refractivity contribution in [3.05, 3.63) is 67.4 Å². The van der Waals surface area contributed by atoms with Crippen LogP contribution in [-0.4, -0.2) is 39.4 Å². The third-order valence-electron chi connectivity index (χ3n) is 4.94. The second kappa shape index (κ2) is 8.77. The molecule has 154 valence electrons. The lowest BCUT2D eigenvalue weighted by molar-refractivity contribution is 0.0883. The third kappa shape index (κ3) is 4.75. The van der Waals surface area contributed by atoms with E-state index in [9.17, 15) is 0 Å². The molecule has 0 spiro atoms. The summed E-state index contributed by atoms with van der Waals surface area (Å²) in [5.41, 5.74) is 4.99. The maximum atomic E-state index is 6.06. The normalized spacial score (nSPS) is 11.7. The first kappa shape index (κ1) is 20.2. The summed E-state index contributed by atoms with van der Waals surface area (Å²) in [5, 5.41) is 6.99.